The predicted octanol–water partition coefficient (Wildman–Crippen LogP) is 4.93. The third-order valence-electron chi connectivity index (χ3n) is 4.82. The smallest absolute Gasteiger partial charge is 0.159 e. The van der Waals surface area contributed by atoms with Crippen LogP contribution in [0.5, 0.6) is 0 Å². The Morgan fingerprint density at radius 1 is 0.704 bits per heavy atom. The van der Waals surface area contributed by atoms with E-state index in [9.17, 15) is 5.11 Å². The Bertz CT molecular complexity index is 715. The fraction of sp³-hybridized carbons (Fsp3) is 0.217. The van der Waals surface area contributed by atoms with Crippen molar-refractivity contribution in [3.63, 3.8) is 0 Å². The van der Waals surface area contributed by atoms with Gasteiger partial charge in [-0.25, -0.2) is 0 Å². The first-order chi connectivity index (χ1) is 13.2. The molecule has 0 aromatic heterocycles. The molecule has 0 amide bonds. The Labute approximate surface area is 172 Å². The Hall–Kier alpha value is -1.37. The van der Waals surface area contributed by atoms with E-state index in [1.807, 2.05) is 18.2 Å². The summed E-state index contributed by atoms with van der Waals surface area (Å²) >= 11 is 13.0. The quantitative estimate of drug-likeness (QED) is 0.407. The minimum absolute atomic E-state index is 0.233. The van der Waals surface area contributed by atoms with Crippen molar-refractivity contribution in [2.45, 2.75) is 24.1 Å². The van der Waals surface area contributed by atoms with Crippen LogP contribution in [0.1, 0.15) is 12.8 Å². The molecule has 0 aliphatic rings. The van der Waals surface area contributed by atoms with E-state index >= 15 is 0 Å². The minimum atomic E-state index is -2.16. The summed E-state index contributed by atoms with van der Waals surface area (Å²) < 4.78 is 0. The van der Waals surface area contributed by atoms with Crippen molar-refractivity contribution < 1.29 is 5.11 Å². The molecule has 0 spiro atoms. The summed E-state index contributed by atoms with van der Waals surface area (Å²) in [6, 6.07) is 31.5. The largest absolute Gasteiger partial charge is 0.393 e. The summed E-state index contributed by atoms with van der Waals surface area (Å²) in [5.74, 6) is 0.429. The molecule has 140 valence electrons. The third kappa shape index (κ3) is 4.39. The average Bonchev–Trinajstić information content (AvgIpc) is 2.71. The molecule has 4 heteroatoms. The van der Waals surface area contributed by atoms with Gasteiger partial charge in [0.15, 0.2) is 5.12 Å². The molecule has 0 aliphatic carbocycles. The molecule has 0 fully saturated rings. The fourth-order valence-electron chi connectivity index (χ4n) is 3.55. The van der Waals surface area contributed by atoms with E-state index in [-0.39, 0.29) is 5.12 Å². The lowest BCUT2D eigenvalue weighted by molar-refractivity contribution is 0.165. The highest BCUT2D eigenvalue weighted by molar-refractivity contribution is 7.97. The molecule has 1 nitrogen and oxygen atoms in total. The Morgan fingerprint density at radius 2 is 1.07 bits per heavy atom. The van der Waals surface area contributed by atoms with Crippen molar-refractivity contribution in [2.75, 3.05) is 5.88 Å². The van der Waals surface area contributed by atoms with Gasteiger partial charge in [0.25, 0.3) is 0 Å². The number of benzene rings is 3. The molecule has 3 aromatic rings. The van der Waals surface area contributed by atoms with E-state index < -0.39 is 13.4 Å². The maximum absolute atomic E-state index is 10.5. The molecule has 27 heavy (non-hydrogen) atoms. The number of aliphatic hydroxyl groups excluding tert-OH is 1. The van der Waals surface area contributed by atoms with Gasteiger partial charge in [-0.1, -0.05) is 66.2 Å². The Morgan fingerprint density at radius 3 is 1.41 bits per heavy atom. The maximum atomic E-state index is 10.5. The average molecular weight is 418 g/mol. The first kappa shape index (κ1) is 20.4. The summed E-state index contributed by atoms with van der Waals surface area (Å²) in [5.41, 5.74) is 0. The van der Waals surface area contributed by atoms with E-state index in [4.69, 9.17) is 23.2 Å². The summed E-state index contributed by atoms with van der Waals surface area (Å²) in [4.78, 5) is 0. The second-order valence-corrected chi connectivity index (χ2v) is 11.4. The zero-order valence-corrected chi connectivity index (χ0v) is 17.5. The van der Waals surface area contributed by atoms with Crippen molar-refractivity contribution in [1.29, 1.82) is 0 Å². The van der Waals surface area contributed by atoms with E-state index in [0.29, 0.717) is 18.7 Å². The molecular formula is C23H24Cl2OP+. The van der Waals surface area contributed by atoms with Crippen LogP contribution in [0, 0.1) is 0 Å². The molecule has 0 radical (unpaired) electrons. The zero-order valence-electron chi connectivity index (χ0n) is 15.1. The topological polar surface area (TPSA) is 20.2 Å². The number of aliphatic hydroxyl groups is 1. The minimum Gasteiger partial charge on any atom is -0.393 e. The lowest BCUT2D eigenvalue weighted by Gasteiger charge is -2.32. The van der Waals surface area contributed by atoms with Gasteiger partial charge in [0, 0.05) is 12.3 Å². The normalized spacial score (nSPS) is 13.9. The summed E-state index contributed by atoms with van der Waals surface area (Å²) in [5, 5.41) is 13.9. The number of hydrogen-bond acceptors (Lipinski definition) is 1. The number of alkyl halides is 2. The highest BCUT2D eigenvalue weighted by Crippen LogP contribution is 2.62. The van der Waals surface area contributed by atoms with Crippen LogP contribution in [0.4, 0.5) is 0 Å². The SMILES string of the molecule is OC(CCCl)CC(Cl)[P+](c1ccccc1)(c1ccccc1)c1ccccc1. The van der Waals surface area contributed by atoms with E-state index in [2.05, 4.69) is 72.8 Å². The van der Waals surface area contributed by atoms with E-state index in [1.165, 1.54) is 15.9 Å². The third-order valence-corrected chi connectivity index (χ3v) is 10.5. The van der Waals surface area contributed by atoms with Crippen LogP contribution in [-0.2, 0) is 0 Å². The lowest BCUT2D eigenvalue weighted by Crippen LogP contribution is -2.38. The molecule has 2 unspecified atom stereocenters. The standard InChI is InChI=1S/C23H24Cl2OP/c24-17-16-19(26)18-23(25)27(20-10-4-1-5-11-20,21-12-6-2-7-13-21)22-14-8-3-9-15-22/h1-15,19,23,26H,16-18H2/q+1. The van der Waals surface area contributed by atoms with Crippen LogP contribution in [0.2, 0.25) is 0 Å². The first-order valence-electron chi connectivity index (χ1n) is 9.13. The predicted molar refractivity (Wildman–Crippen MR) is 121 cm³/mol. The molecule has 0 saturated heterocycles. The van der Waals surface area contributed by atoms with Crippen molar-refractivity contribution in [3.05, 3.63) is 91.0 Å². The van der Waals surface area contributed by atoms with Crippen LogP contribution >= 0.6 is 30.5 Å². The van der Waals surface area contributed by atoms with Gasteiger partial charge in [-0.2, -0.15) is 0 Å². The van der Waals surface area contributed by atoms with Gasteiger partial charge in [0.05, 0.1) is 6.10 Å². The van der Waals surface area contributed by atoms with Gasteiger partial charge >= 0.3 is 0 Å². The van der Waals surface area contributed by atoms with Crippen molar-refractivity contribution in [2.24, 2.45) is 0 Å². The molecule has 2 atom stereocenters. The highest BCUT2D eigenvalue weighted by Gasteiger charge is 2.52. The highest BCUT2D eigenvalue weighted by atomic mass is 35.5. The Kier molecular flexibility index (Phi) is 7.33. The van der Waals surface area contributed by atoms with Crippen LogP contribution in [0.25, 0.3) is 0 Å². The van der Waals surface area contributed by atoms with Crippen molar-refractivity contribution >= 4 is 46.4 Å². The lowest BCUT2D eigenvalue weighted by atomic mass is 10.2. The second kappa shape index (κ2) is 9.71. The maximum Gasteiger partial charge on any atom is 0.159 e. The molecule has 0 heterocycles. The zero-order chi connectivity index (χ0) is 19.1. The van der Waals surface area contributed by atoms with Gasteiger partial charge in [0.1, 0.15) is 23.2 Å². The number of hydrogen-bond donors (Lipinski definition) is 1. The molecular weight excluding hydrogens is 394 g/mol. The second-order valence-electron chi connectivity index (χ2n) is 6.53. The number of rotatable bonds is 8. The summed E-state index contributed by atoms with van der Waals surface area (Å²) in [7, 11) is -2.16. The first-order valence-corrected chi connectivity index (χ1v) is 12.0. The van der Waals surface area contributed by atoms with Gasteiger partial charge in [-0.15, -0.1) is 11.6 Å². The monoisotopic (exact) mass is 417 g/mol. The number of halogens is 2. The fourth-order valence-corrected chi connectivity index (χ4v) is 9.37. The summed E-state index contributed by atoms with van der Waals surface area (Å²) in [6.45, 7) is 0. The van der Waals surface area contributed by atoms with Crippen LogP contribution < -0.4 is 15.9 Å². The molecule has 0 bridgehead atoms. The van der Waals surface area contributed by atoms with Crippen LogP contribution in [0.15, 0.2) is 91.0 Å². The summed E-state index contributed by atoms with van der Waals surface area (Å²) in [6.07, 6.45) is 0.532. The van der Waals surface area contributed by atoms with Crippen LogP contribution in [0.3, 0.4) is 0 Å². The van der Waals surface area contributed by atoms with Gasteiger partial charge in [-0.3, -0.25) is 0 Å². The van der Waals surface area contributed by atoms with Crippen LogP contribution in [-0.4, -0.2) is 22.2 Å². The van der Waals surface area contributed by atoms with Gasteiger partial charge < -0.3 is 5.11 Å². The molecule has 3 aromatic carbocycles. The Balaban J connectivity index is 2.23. The van der Waals surface area contributed by atoms with Gasteiger partial charge in [-0.05, 0) is 42.8 Å². The molecule has 0 aliphatic heterocycles. The van der Waals surface area contributed by atoms with Gasteiger partial charge in [0.2, 0.25) is 0 Å². The molecule has 1 N–H and O–H groups in total. The van der Waals surface area contributed by atoms with Crippen molar-refractivity contribution in [1.82, 2.24) is 0 Å². The molecule has 0 saturated carbocycles. The van der Waals surface area contributed by atoms with E-state index in [0.717, 1.165) is 0 Å². The van der Waals surface area contributed by atoms with E-state index in [1.54, 1.807) is 0 Å². The molecule has 3 rings (SSSR count). The van der Waals surface area contributed by atoms with Crippen molar-refractivity contribution in [3.8, 4) is 0 Å².